The standard InChI is InChI=1S/C17H19N3O/c18-15-7-9-16(10-8-15)19-17(21)20-11-3-6-13-4-1-2-5-14(13)12-20/h1-2,4-5,7-10H,3,6,11-12,18H2,(H,19,21). The molecule has 0 atom stereocenters. The molecule has 2 amide bonds. The first-order valence-corrected chi connectivity index (χ1v) is 7.20. The molecule has 1 heterocycles. The van der Waals surface area contributed by atoms with Gasteiger partial charge in [0.05, 0.1) is 0 Å². The fourth-order valence-corrected chi connectivity index (χ4v) is 2.64. The molecule has 0 bridgehead atoms. The highest BCUT2D eigenvalue weighted by Gasteiger charge is 2.18. The molecule has 21 heavy (non-hydrogen) atoms. The zero-order valence-corrected chi connectivity index (χ0v) is 11.9. The highest BCUT2D eigenvalue weighted by Crippen LogP contribution is 2.19. The van der Waals surface area contributed by atoms with Crippen LogP contribution in [0.25, 0.3) is 0 Å². The van der Waals surface area contributed by atoms with E-state index in [1.54, 1.807) is 12.1 Å². The molecular weight excluding hydrogens is 262 g/mol. The number of rotatable bonds is 1. The SMILES string of the molecule is Nc1ccc(NC(=O)N2CCCc3ccccc3C2)cc1. The third kappa shape index (κ3) is 3.16. The zero-order chi connectivity index (χ0) is 14.7. The van der Waals surface area contributed by atoms with E-state index in [0.717, 1.165) is 25.1 Å². The summed E-state index contributed by atoms with van der Waals surface area (Å²) in [4.78, 5) is 14.3. The van der Waals surface area contributed by atoms with Crippen molar-refractivity contribution in [1.29, 1.82) is 0 Å². The summed E-state index contributed by atoms with van der Waals surface area (Å²) in [5.41, 5.74) is 9.70. The minimum absolute atomic E-state index is 0.0588. The van der Waals surface area contributed by atoms with Crippen LogP contribution in [0.4, 0.5) is 16.2 Å². The number of anilines is 2. The summed E-state index contributed by atoms with van der Waals surface area (Å²) in [5, 5.41) is 2.93. The van der Waals surface area contributed by atoms with Gasteiger partial charge in [0.15, 0.2) is 0 Å². The predicted octanol–water partition coefficient (Wildman–Crippen LogP) is 3.25. The van der Waals surface area contributed by atoms with Crippen LogP contribution in [0, 0.1) is 0 Å². The number of nitrogens with two attached hydrogens (primary N) is 1. The molecule has 3 rings (SSSR count). The molecule has 0 fully saturated rings. The minimum atomic E-state index is -0.0588. The van der Waals surface area contributed by atoms with Crippen LogP contribution in [-0.4, -0.2) is 17.5 Å². The molecule has 1 aliphatic heterocycles. The van der Waals surface area contributed by atoms with E-state index in [1.807, 2.05) is 23.1 Å². The molecule has 0 aliphatic carbocycles. The van der Waals surface area contributed by atoms with E-state index < -0.39 is 0 Å². The monoisotopic (exact) mass is 281 g/mol. The summed E-state index contributed by atoms with van der Waals surface area (Å²) in [6, 6.07) is 15.5. The van der Waals surface area contributed by atoms with Crippen molar-refractivity contribution in [3.05, 3.63) is 59.7 Å². The smallest absolute Gasteiger partial charge is 0.322 e. The molecule has 1 aliphatic rings. The number of amides is 2. The average molecular weight is 281 g/mol. The normalized spacial score (nSPS) is 14.2. The second kappa shape index (κ2) is 5.87. The van der Waals surface area contributed by atoms with Crippen molar-refractivity contribution < 1.29 is 4.79 Å². The molecule has 0 spiro atoms. The molecule has 0 aromatic heterocycles. The van der Waals surface area contributed by atoms with Gasteiger partial charge in [-0.15, -0.1) is 0 Å². The number of benzene rings is 2. The molecule has 4 heteroatoms. The molecule has 0 saturated carbocycles. The van der Waals surface area contributed by atoms with Gasteiger partial charge >= 0.3 is 6.03 Å². The van der Waals surface area contributed by atoms with Crippen molar-refractivity contribution in [2.24, 2.45) is 0 Å². The Bertz CT molecular complexity index is 637. The van der Waals surface area contributed by atoms with Crippen LogP contribution in [0.1, 0.15) is 17.5 Å². The van der Waals surface area contributed by atoms with Crippen LogP contribution in [-0.2, 0) is 13.0 Å². The summed E-state index contributed by atoms with van der Waals surface area (Å²) in [7, 11) is 0. The quantitative estimate of drug-likeness (QED) is 0.788. The van der Waals surface area contributed by atoms with E-state index in [4.69, 9.17) is 5.73 Å². The van der Waals surface area contributed by atoms with E-state index in [0.29, 0.717) is 12.2 Å². The van der Waals surface area contributed by atoms with E-state index in [2.05, 4.69) is 23.5 Å². The van der Waals surface area contributed by atoms with Gasteiger partial charge in [-0.3, -0.25) is 0 Å². The lowest BCUT2D eigenvalue weighted by atomic mass is 10.0. The van der Waals surface area contributed by atoms with Crippen molar-refractivity contribution in [2.45, 2.75) is 19.4 Å². The number of aryl methyl sites for hydroxylation is 1. The molecule has 2 aromatic rings. The van der Waals surface area contributed by atoms with E-state index >= 15 is 0 Å². The molecule has 4 nitrogen and oxygen atoms in total. The second-order valence-electron chi connectivity index (χ2n) is 5.35. The van der Waals surface area contributed by atoms with Crippen LogP contribution in [0.5, 0.6) is 0 Å². The van der Waals surface area contributed by atoms with Crippen molar-refractivity contribution in [3.8, 4) is 0 Å². The number of carbonyl (C=O) groups is 1. The van der Waals surface area contributed by atoms with E-state index in [9.17, 15) is 4.79 Å². The van der Waals surface area contributed by atoms with Gasteiger partial charge in [-0.25, -0.2) is 4.79 Å². The first-order chi connectivity index (χ1) is 10.2. The highest BCUT2D eigenvalue weighted by molar-refractivity contribution is 5.89. The number of nitrogens with one attached hydrogen (secondary N) is 1. The first kappa shape index (κ1) is 13.5. The summed E-state index contributed by atoms with van der Waals surface area (Å²) in [6.07, 6.45) is 2.02. The number of hydrogen-bond acceptors (Lipinski definition) is 2. The predicted molar refractivity (Wildman–Crippen MR) is 85.0 cm³/mol. The van der Waals surface area contributed by atoms with Gasteiger partial charge in [0, 0.05) is 24.5 Å². The molecule has 108 valence electrons. The first-order valence-electron chi connectivity index (χ1n) is 7.20. The third-order valence-corrected chi connectivity index (χ3v) is 3.80. The lowest BCUT2D eigenvalue weighted by molar-refractivity contribution is 0.210. The molecule has 0 radical (unpaired) electrons. The number of hydrogen-bond donors (Lipinski definition) is 2. The Kier molecular flexibility index (Phi) is 3.77. The Hall–Kier alpha value is -2.49. The number of nitrogens with zero attached hydrogens (tertiary/aromatic N) is 1. The maximum Gasteiger partial charge on any atom is 0.322 e. The van der Waals surface area contributed by atoms with Gasteiger partial charge in [0.2, 0.25) is 0 Å². The molecule has 2 aromatic carbocycles. The maximum atomic E-state index is 12.4. The van der Waals surface area contributed by atoms with Gasteiger partial charge in [-0.05, 0) is 48.2 Å². The summed E-state index contributed by atoms with van der Waals surface area (Å²) in [5.74, 6) is 0. The number of nitrogen functional groups attached to an aromatic ring is 1. The van der Waals surface area contributed by atoms with E-state index in [1.165, 1.54) is 11.1 Å². The highest BCUT2D eigenvalue weighted by atomic mass is 16.2. The number of urea groups is 1. The molecular formula is C17H19N3O. The Labute approximate surface area is 124 Å². The molecule has 0 unspecified atom stereocenters. The van der Waals surface area contributed by atoms with E-state index in [-0.39, 0.29) is 6.03 Å². The Balaban J connectivity index is 1.71. The van der Waals surface area contributed by atoms with Gasteiger partial charge in [0.25, 0.3) is 0 Å². The molecule has 0 saturated heterocycles. The maximum absolute atomic E-state index is 12.4. The van der Waals surface area contributed by atoms with Crippen LogP contribution in [0.2, 0.25) is 0 Å². The second-order valence-corrected chi connectivity index (χ2v) is 5.35. The summed E-state index contributed by atoms with van der Waals surface area (Å²) < 4.78 is 0. The van der Waals surface area contributed by atoms with Crippen LogP contribution in [0.3, 0.4) is 0 Å². The number of fused-ring (bicyclic) bond motifs is 1. The summed E-state index contributed by atoms with van der Waals surface area (Å²) in [6.45, 7) is 1.44. The van der Waals surface area contributed by atoms with Crippen LogP contribution in [0.15, 0.2) is 48.5 Å². The zero-order valence-electron chi connectivity index (χ0n) is 11.9. The van der Waals surface area contributed by atoms with Crippen LogP contribution < -0.4 is 11.1 Å². The Morgan fingerprint density at radius 1 is 1.05 bits per heavy atom. The van der Waals surface area contributed by atoms with Crippen molar-refractivity contribution in [1.82, 2.24) is 4.90 Å². The largest absolute Gasteiger partial charge is 0.399 e. The van der Waals surface area contributed by atoms with Gasteiger partial charge < -0.3 is 16.0 Å². The van der Waals surface area contributed by atoms with Gasteiger partial charge in [-0.1, -0.05) is 24.3 Å². The van der Waals surface area contributed by atoms with Crippen LogP contribution >= 0.6 is 0 Å². The third-order valence-electron chi connectivity index (χ3n) is 3.80. The lowest BCUT2D eigenvalue weighted by Crippen LogP contribution is -2.34. The van der Waals surface area contributed by atoms with Crippen molar-refractivity contribution in [2.75, 3.05) is 17.6 Å². The Morgan fingerprint density at radius 3 is 2.52 bits per heavy atom. The molecule has 3 N–H and O–H groups in total. The minimum Gasteiger partial charge on any atom is -0.399 e. The fraction of sp³-hybridized carbons (Fsp3) is 0.235. The fourth-order valence-electron chi connectivity index (χ4n) is 2.64. The van der Waals surface area contributed by atoms with Crippen molar-refractivity contribution in [3.63, 3.8) is 0 Å². The van der Waals surface area contributed by atoms with Crippen molar-refractivity contribution >= 4 is 17.4 Å². The van der Waals surface area contributed by atoms with Gasteiger partial charge in [0.1, 0.15) is 0 Å². The van der Waals surface area contributed by atoms with Gasteiger partial charge in [-0.2, -0.15) is 0 Å². The Morgan fingerprint density at radius 2 is 1.76 bits per heavy atom. The lowest BCUT2D eigenvalue weighted by Gasteiger charge is -2.21. The number of carbonyl (C=O) groups excluding carboxylic acids is 1. The topological polar surface area (TPSA) is 58.4 Å². The average Bonchev–Trinajstić information content (AvgIpc) is 2.72. The summed E-state index contributed by atoms with van der Waals surface area (Å²) >= 11 is 0.